The van der Waals surface area contributed by atoms with Crippen LogP contribution in [-0.4, -0.2) is 36.3 Å². The quantitative estimate of drug-likeness (QED) is 0.910. The van der Waals surface area contributed by atoms with Gasteiger partial charge in [-0.05, 0) is 49.7 Å². The zero-order valence-corrected chi connectivity index (χ0v) is 13.3. The molecular weight excluding hydrogens is 264 g/mol. The summed E-state index contributed by atoms with van der Waals surface area (Å²) in [6.45, 7) is 5.88. The Morgan fingerprint density at radius 1 is 1.25 bits per heavy atom. The van der Waals surface area contributed by atoms with Gasteiger partial charge in [0, 0.05) is 23.5 Å². The first kappa shape index (κ1) is 14.4. The van der Waals surface area contributed by atoms with Gasteiger partial charge < -0.3 is 5.32 Å². The minimum atomic E-state index is 0.626. The second kappa shape index (κ2) is 6.97. The van der Waals surface area contributed by atoms with E-state index in [1.807, 2.05) is 11.8 Å². The number of likely N-dealkylation sites (N-methyl/N-ethyl adjacent to an activating group) is 1. The maximum Gasteiger partial charge on any atom is 0.0367 e. The average Bonchev–Trinajstić information content (AvgIpc) is 2.53. The summed E-state index contributed by atoms with van der Waals surface area (Å²) in [5.74, 6) is 1.26. The number of nitrogens with zero attached hydrogens (tertiary/aromatic N) is 1. The molecule has 0 aromatic heterocycles. The van der Waals surface area contributed by atoms with E-state index in [9.17, 15) is 0 Å². The second-order valence-electron chi connectivity index (χ2n) is 5.93. The van der Waals surface area contributed by atoms with Crippen molar-refractivity contribution in [2.24, 2.45) is 0 Å². The minimum Gasteiger partial charge on any atom is -0.313 e. The highest BCUT2D eigenvalue weighted by molar-refractivity contribution is 7.99. The number of benzene rings is 1. The molecule has 0 spiro atoms. The molecule has 3 heteroatoms. The molecule has 0 amide bonds. The van der Waals surface area contributed by atoms with Crippen molar-refractivity contribution in [3.05, 3.63) is 29.8 Å². The van der Waals surface area contributed by atoms with Crippen LogP contribution in [0.1, 0.15) is 44.2 Å². The van der Waals surface area contributed by atoms with E-state index < -0.39 is 0 Å². The number of nitrogens with one attached hydrogen (secondary N) is 1. The summed E-state index contributed by atoms with van der Waals surface area (Å²) in [6, 6.07) is 10.3. The fraction of sp³-hybridized carbons (Fsp3) is 0.647. The molecule has 2 atom stereocenters. The van der Waals surface area contributed by atoms with Crippen molar-refractivity contribution in [1.82, 2.24) is 10.2 Å². The van der Waals surface area contributed by atoms with Gasteiger partial charge in [0.25, 0.3) is 0 Å². The SMILES string of the molecule is CCN(CC1CCCCN1)C1CCSc2ccccc21. The van der Waals surface area contributed by atoms with Crippen molar-refractivity contribution in [3.8, 4) is 0 Å². The number of fused-ring (bicyclic) bond motifs is 1. The van der Waals surface area contributed by atoms with Gasteiger partial charge in [0.2, 0.25) is 0 Å². The molecule has 0 radical (unpaired) electrons. The van der Waals surface area contributed by atoms with Crippen molar-refractivity contribution in [2.45, 2.75) is 49.6 Å². The molecule has 1 aromatic rings. The van der Waals surface area contributed by atoms with E-state index in [0.717, 1.165) is 6.54 Å². The lowest BCUT2D eigenvalue weighted by Gasteiger charge is -2.38. The lowest BCUT2D eigenvalue weighted by molar-refractivity contribution is 0.167. The van der Waals surface area contributed by atoms with Crippen molar-refractivity contribution in [2.75, 3.05) is 25.4 Å². The molecule has 2 nitrogen and oxygen atoms in total. The Kier molecular flexibility index (Phi) is 5.03. The number of thioether (sulfide) groups is 1. The first-order valence-electron chi connectivity index (χ1n) is 8.07. The molecule has 1 aromatic carbocycles. The second-order valence-corrected chi connectivity index (χ2v) is 7.06. The summed E-state index contributed by atoms with van der Waals surface area (Å²) < 4.78 is 0. The Hall–Kier alpha value is -0.510. The number of hydrogen-bond donors (Lipinski definition) is 1. The molecule has 2 aliphatic rings. The van der Waals surface area contributed by atoms with Gasteiger partial charge in [-0.15, -0.1) is 11.8 Å². The smallest absolute Gasteiger partial charge is 0.0367 e. The van der Waals surface area contributed by atoms with E-state index in [-0.39, 0.29) is 0 Å². The summed E-state index contributed by atoms with van der Waals surface area (Å²) >= 11 is 2.02. The maximum atomic E-state index is 3.70. The molecule has 1 N–H and O–H groups in total. The van der Waals surface area contributed by atoms with Crippen molar-refractivity contribution >= 4 is 11.8 Å². The van der Waals surface area contributed by atoms with Gasteiger partial charge >= 0.3 is 0 Å². The molecule has 0 aliphatic carbocycles. The highest BCUT2D eigenvalue weighted by Gasteiger charge is 2.27. The third-order valence-corrected chi connectivity index (χ3v) is 5.76. The molecule has 20 heavy (non-hydrogen) atoms. The molecule has 2 heterocycles. The van der Waals surface area contributed by atoms with Crippen molar-refractivity contribution in [1.29, 1.82) is 0 Å². The van der Waals surface area contributed by atoms with Crippen molar-refractivity contribution < 1.29 is 0 Å². The highest BCUT2D eigenvalue weighted by Crippen LogP contribution is 2.39. The lowest BCUT2D eigenvalue weighted by atomic mass is 9.99. The van der Waals surface area contributed by atoms with Crippen LogP contribution in [0.3, 0.4) is 0 Å². The minimum absolute atomic E-state index is 0.626. The monoisotopic (exact) mass is 290 g/mol. The number of piperidine rings is 1. The lowest BCUT2D eigenvalue weighted by Crippen LogP contribution is -2.45. The van der Waals surface area contributed by atoms with Gasteiger partial charge in [-0.25, -0.2) is 0 Å². The molecule has 1 saturated heterocycles. The Morgan fingerprint density at radius 2 is 2.15 bits per heavy atom. The first-order valence-corrected chi connectivity index (χ1v) is 9.06. The van der Waals surface area contributed by atoms with E-state index in [1.165, 1.54) is 49.4 Å². The van der Waals surface area contributed by atoms with Crippen LogP contribution in [0.4, 0.5) is 0 Å². The normalized spacial score (nSPS) is 26.5. The van der Waals surface area contributed by atoms with E-state index in [1.54, 1.807) is 5.56 Å². The van der Waals surface area contributed by atoms with Gasteiger partial charge in [-0.1, -0.05) is 31.5 Å². The highest BCUT2D eigenvalue weighted by atomic mass is 32.2. The van der Waals surface area contributed by atoms with Crippen LogP contribution in [0.25, 0.3) is 0 Å². The van der Waals surface area contributed by atoms with Crippen LogP contribution in [0, 0.1) is 0 Å². The van der Waals surface area contributed by atoms with E-state index in [4.69, 9.17) is 0 Å². The van der Waals surface area contributed by atoms with Crippen LogP contribution in [0.5, 0.6) is 0 Å². The van der Waals surface area contributed by atoms with Gasteiger partial charge in [0.05, 0.1) is 0 Å². The molecule has 2 aliphatic heterocycles. The zero-order chi connectivity index (χ0) is 13.8. The van der Waals surface area contributed by atoms with Crippen molar-refractivity contribution in [3.63, 3.8) is 0 Å². The molecule has 110 valence electrons. The van der Waals surface area contributed by atoms with Gasteiger partial charge in [0.1, 0.15) is 0 Å². The van der Waals surface area contributed by atoms with E-state index >= 15 is 0 Å². The fourth-order valence-corrected chi connectivity index (χ4v) is 4.65. The van der Waals surface area contributed by atoms with Crippen LogP contribution >= 0.6 is 11.8 Å². The van der Waals surface area contributed by atoms with Crippen LogP contribution in [0.2, 0.25) is 0 Å². The third kappa shape index (κ3) is 3.21. The maximum absolute atomic E-state index is 3.70. The van der Waals surface area contributed by atoms with E-state index in [0.29, 0.717) is 12.1 Å². The van der Waals surface area contributed by atoms with Crippen LogP contribution in [0.15, 0.2) is 29.2 Å². The van der Waals surface area contributed by atoms with Gasteiger partial charge in [-0.2, -0.15) is 0 Å². The summed E-state index contributed by atoms with van der Waals surface area (Å²) in [7, 11) is 0. The predicted octanol–water partition coefficient (Wildman–Crippen LogP) is 3.69. The third-order valence-electron chi connectivity index (χ3n) is 4.64. The number of rotatable bonds is 4. The molecular formula is C17H26N2S. The zero-order valence-electron chi connectivity index (χ0n) is 12.5. The summed E-state index contributed by atoms with van der Waals surface area (Å²) in [6.07, 6.45) is 5.39. The van der Waals surface area contributed by atoms with Gasteiger partial charge in [-0.3, -0.25) is 4.90 Å². The standard InChI is InChI=1S/C17H26N2S/c1-2-19(13-14-7-5-6-11-18-14)16-10-12-20-17-9-4-3-8-15(16)17/h3-4,8-9,14,16,18H,2,5-7,10-13H2,1H3. The molecule has 3 rings (SSSR count). The number of hydrogen-bond acceptors (Lipinski definition) is 3. The Labute approximate surface area is 127 Å². The molecule has 1 fully saturated rings. The molecule has 2 unspecified atom stereocenters. The molecule has 0 bridgehead atoms. The Balaban J connectivity index is 1.72. The average molecular weight is 290 g/mol. The first-order chi connectivity index (χ1) is 9.88. The predicted molar refractivity (Wildman–Crippen MR) is 87.4 cm³/mol. The summed E-state index contributed by atoms with van der Waals surface area (Å²) in [5.41, 5.74) is 1.56. The topological polar surface area (TPSA) is 15.3 Å². The summed E-state index contributed by atoms with van der Waals surface area (Å²) in [5, 5.41) is 3.70. The largest absolute Gasteiger partial charge is 0.313 e. The van der Waals surface area contributed by atoms with Crippen LogP contribution in [-0.2, 0) is 0 Å². The Bertz CT molecular complexity index is 429. The fourth-order valence-electron chi connectivity index (χ4n) is 3.54. The summed E-state index contributed by atoms with van der Waals surface area (Å²) in [4.78, 5) is 4.19. The Morgan fingerprint density at radius 3 is 2.95 bits per heavy atom. The van der Waals surface area contributed by atoms with Gasteiger partial charge in [0.15, 0.2) is 0 Å². The molecule has 0 saturated carbocycles. The van der Waals surface area contributed by atoms with E-state index in [2.05, 4.69) is 41.4 Å². The van der Waals surface area contributed by atoms with Crippen LogP contribution < -0.4 is 5.32 Å².